The summed E-state index contributed by atoms with van der Waals surface area (Å²) in [5, 5.41) is 0. The van der Waals surface area contributed by atoms with E-state index in [-0.39, 0.29) is 22.5 Å². The maximum Gasteiger partial charge on any atom is 0.418 e. The molecule has 2 aromatic rings. The SMILES string of the molecule is Nc1ccc2c(c1)C(=O)N(c1ccc(N)c(C(F)(F)F)c1)C2=O. The van der Waals surface area contributed by atoms with Gasteiger partial charge in [0.05, 0.1) is 22.4 Å². The van der Waals surface area contributed by atoms with E-state index in [1.807, 2.05) is 0 Å². The van der Waals surface area contributed by atoms with Crippen LogP contribution in [0.1, 0.15) is 26.3 Å². The lowest BCUT2D eigenvalue weighted by molar-refractivity contribution is -0.136. The van der Waals surface area contributed by atoms with Crippen LogP contribution in [0.25, 0.3) is 0 Å². The molecule has 0 unspecified atom stereocenters. The number of imide groups is 1. The molecule has 0 fully saturated rings. The van der Waals surface area contributed by atoms with Crippen LogP contribution in [-0.2, 0) is 6.18 Å². The fraction of sp³-hybridized carbons (Fsp3) is 0.0667. The van der Waals surface area contributed by atoms with Crippen molar-refractivity contribution in [1.82, 2.24) is 0 Å². The highest BCUT2D eigenvalue weighted by Crippen LogP contribution is 2.38. The third-order valence-electron chi connectivity index (χ3n) is 3.51. The Labute approximate surface area is 128 Å². The van der Waals surface area contributed by atoms with E-state index in [9.17, 15) is 22.8 Å². The van der Waals surface area contributed by atoms with Crippen LogP contribution in [0.4, 0.5) is 30.2 Å². The largest absolute Gasteiger partial charge is 0.418 e. The number of alkyl halides is 3. The van der Waals surface area contributed by atoms with Gasteiger partial charge in [-0.2, -0.15) is 13.2 Å². The molecule has 1 aliphatic heterocycles. The summed E-state index contributed by atoms with van der Waals surface area (Å²) in [4.78, 5) is 25.3. The number of hydrogen-bond acceptors (Lipinski definition) is 4. The Morgan fingerprint density at radius 2 is 1.52 bits per heavy atom. The molecule has 0 atom stereocenters. The van der Waals surface area contributed by atoms with Crippen molar-refractivity contribution in [3.8, 4) is 0 Å². The van der Waals surface area contributed by atoms with E-state index in [0.717, 1.165) is 6.07 Å². The first kappa shape index (κ1) is 14.9. The van der Waals surface area contributed by atoms with Crippen molar-refractivity contribution in [3.05, 3.63) is 53.1 Å². The molecule has 2 aromatic carbocycles. The van der Waals surface area contributed by atoms with Gasteiger partial charge >= 0.3 is 6.18 Å². The maximum atomic E-state index is 12.9. The van der Waals surface area contributed by atoms with Gasteiger partial charge in [-0.1, -0.05) is 0 Å². The van der Waals surface area contributed by atoms with Crippen LogP contribution < -0.4 is 16.4 Å². The molecule has 1 heterocycles. The third kappa shape index (κ3) is 2.28. The fourth-order valence-corrected chi connectivity index (χ4v) is 2.42. The Morgan fingerprint density at radius 1 is 0.870 bits per heavy atom. The van der Waals surface area contributed by atoms with Gasteiger partial charge in [-0.05, 0) is 36.4 Å². The highest BCUT2D eigenvalue weighted by molar-refractivity contribution is 6.34. The zero-order chi connectivity index (χ0) is 16.9. The molecule has 0 aromatic heterocycles. The number of amides is 2. The monoisotopic (exact) mass is 321 g/mol. The Morgan fingerprint density at radius 3 is 2.17 bits per heavy atom. The Balaban J connectivity index is 2.11. The highest BCUT2D eigenvalue weighted by atomic mass is 19.4. The number of nitrogens with zero attached hydrogens (tertiary/aromatic N) is 1. The van der Waals surface area contributed by atoms with Gasteiger partial charge in [0.15, 0.2) is 0 Å². The van der Waals surface area contributed by atoms with E-state index in [2.05, 4.69) is 0 Å². The Hall–Kier alpha value is -3.03. The molecule has 0 bridgehead atoms. The minimum atomic E-state index is -4.69. The predicted molar refractivity (Wildman–Crippen MR) is 77.9 cm³/mol. The lowest BCUT2D eigenvalue weighted by atomic mass is 10.1. The van der Waals surface area contributed by atoms with Crippen LogP contribution in [0.3, 0.4) is 0 Å². The number of carbonyl (C=O) groups excluding carboxylic acids is 2. The molecule has 0 spiro atoms. The lowest BCUT2D eigenvalue weighted by Gasteiger charge is -2.17. The van der Waals surface area contributed by atoms with Crippen molar-refractivity contribution in [3.63, 3.8) is 0 Å². The molecule has 0 saturated carbocycles. The number of hydrogen-bond donors (Lipinski definition) is 2. The standard InChI is InChI=1S/C15H10F3N3O2/c16-15(17,18)11-6-8(2-4-12(11)20)21-13(22)9-3-1-7(19)5-10(9)14(21)23/h1-6H,19-20H2. The van der Waals surface area contributed by atoms with E-state index < -0.39 is 29.2 Å². The van der Waals surface area contributed by atoms with Gasteiger partial charge in [-0.15, -0.1) is 0 Å². The second-order valence-corrected chi connectivity index (χ2v) is 5.02. The van der Waals surface area contributed by atoms with Crippen molar-refractivity contribution >= 4 is 28.9 Å². The molecule has 118 valence electrons. The molecule has 8 heteroatoms. The number of carbonyl (C=O) groups is 2. The molecule has 1 aliphatic rings. The molecule has 4 N–H and O–H groups in total. The van der Waals surface area contributed by atoms with Crippen molar-refractivity contribution in [2.75, 3.05) is 16.4 Å². The van der Waals surface area contributed by atoms with Gasteiger partial charge in [0.25, 0.3) is 11.8 Å². The Kier molecular flexibility index (Phi) is 3.06. The minimum absolute atomic E-state index is 0.0559. The van der Waals surface area contributed by atoms with E-state index in [0.29, 0.717) is 11.0 Å². The zero-order valence-electron chi connectivity index (χ0n) is 11.5. The van der Waals surface area contributed by atoms with Gasteiger partial charge in [0.1, 0.15) is 0 Å². The molecular weight excluding hydrogens is 311 g/mol. The van der Waals surface area contributed by atoms with Crippen LogP contribution in [0.15, 0.2) is 36.4 Å². The predicted octanol–water partition coefficient (Wildman–Crippen LogP) is 2.67. The summed E-state index contributed by atoms with van der Waals surface area (Å²) in [7, 11) is 0. The lowest BCUT2D eigenvalue weighted by Crippen LogP contribution is -2.29. The van der Waals surface area contributed by atoms with Gasteiger partial charge in [-0.25, -0.2) is 4.90 Å². The highest BCUT2D eigenvalue weighted by Gasteiger charge is 2.39. The maximum absolute atomic E-state index is 12.9. The van der Waals surface area contributed by atoms with Crippen LogP contribution in [0.5, 0.6) is 0 Å². The summed E-state index contributed by atoms with van der Waals surface area (Å²) in [5.74, 6) is -1.43. The summed E-state index contributed by atoms with van der Waals surface area (Å²) in [6, 6.07) is 7.01. The topological polar surface area (TPSA) is 89.4 Å². The van der Waals surface area contributed by atoms with Crippen molar-refractivity contribution in [2.24, 2.45) is 0 Å². The first-order valence-corrected chi connectivity index (χ1v) is 6.45. The Bertz CT molecular complexity index is 846. The molecule has 5 nitrogen and oxygen atoms in total. The number of benzene rings is 2. The van der Waals surface area contributed by atoms with Gasteiger partial charge in [0.2, 0.25) is 0 Å². The summed E-state index contributed by atoms with van der Waals surface area (Å²) in [6.45, 7) is 0. The van der Waals surface area contributed by atoms with Gasteiger partial charge in [-0.3, -0.25) is 9.59 Å². The van der Waals surface area contributed by atoms with Crippen LogP contribution in [0, 0.1) is 0 Å². The van der Waals surface area contributed by atoms with Crippen LogP contribution >= 0.6 is 0 Å². The van der Waals surface area contributed by atoms with E-state index >= 15 is 0 Å². The van der Waals surface area contributed by atoms with Crippen molar-refractivity contribution in [1.29, 1.82) is 0 Å². The van der Waals surface area contributed by atoms with E-state index in [4.69, 9.17) is 11.5 Å². The summed E-state index contributed by atoms with van der Waals surface area (Å²) in [5.41, 5.74) is 9.54. The number of halogens is 3. The van der Waals surface area contributed by atoms with Crippen LogP contribution in [0.2, 0.25) is 0 Å². The molecule has 2 amide bonds. The van der Waals surface area contributed by atoms with Gasteiger partial charge in [0, 0.05) is 11.4 Å². The number of fused-ring (bicyclic) bond motifs is 1. The molecule has 0 saturated heterocycles. The average molecular weight is 321 g/mol. The molecule has 0 aliphatic carbocycles. The second-order valence-electron chi connectivity index (χ2n) is 5.02. The van der Waals surface area contributed by atoms with Crippen LogP contribution in [-0.4, -0.2) is 11.8 Å². The first-order valence-electron chi connectivity index (χ1n) is 6.45. The summed E-state index contributed by atoms with van der Waals surface area (Å²) in [6.07, 6.45) is -4.69. The smallest absolute Gasteiger partial charge is 0.399 e. The summed E-state index contributed by atoms with van der Waals surface area (Å²) < 4.78 is 38.8. The normalized spacial score (nSPS) is 14.3. The molecule has 3 rings (SSSR count). The molecule has 23 heavy (non-hydrogen) atoms. The van der Waals surface area contributed by atoms with Gasteiger partial charge < -0.3 is 11.5 Å². The quantitative estimate of drug-likeness (QED) is 0.624. The number of rotatable bonds is 1. The number of nitrogens with two attached hydrogens (primary N) is 2. The minimum Gasteiger partial charge on any atom is -0.399 e. The first-order chi connectivity index (χ1) is 10.7. The molecular formula is C15H10F3N3O2. The third-order valence-corrected chi connectivity index (χ3v) is 3.51. The number of nitrogen functional groups attached to an aromatic ring is 2. The fourth-order valence-electron chi connectivity index (χ4n) is 2.42. The molecule has 0 radical (unpaired) electrons. The summed E-state index contributed by atoms with van der Waals surface area (Å²) >= 11 is 0. The second kappa shape index (κ2) is 4.73. The zero-order valence-corrected chi connectivity index (χ0v) is 11.5. The average Bonchev–Trinajstić information content (AvgIpc) is 2.70. The van der Waals surface area contributed by atoms with E-state index in [1.165, 1.54) is 24.3 Å². The number of anilines is 3. The van der Waals surface area contributed by atoms with Crippen molar-refractivity contribution < 1.29 is 22.8 Å². The van der Waals surface area contributed by atoms with E-state index in [1.54, 1.807) is 0 Å². The van der Waals surface area contributed by atoms with Crippen molar-refractivity contribution in [2.45, 2.75) is 6.18 Å².